The van der Waals surface area contributed by atoms with Gasteiger partial charge < -0.3 is 15.4 Å². The topological polar surface area (TPSA) is 87.7 Å². The number of rotatable bonds is 5. The lowest BCUT2D eigenvalue weighted by Crippen LogP contribution is -2.62. The number of halogens is 1. The summed E-state index contributed by atoms with van der Waals surface area (Å²) in [6, 6.07) is 18.1. The molecule has 0 aromatic heterocycles. The van der Waals surface area contributed by atoms with E-state index >= 15 is 0 Å². The first-order valence-corrected chi connectivity index (χ1v) is 14.3. The SMILES string of the molecule is CCCOc1ccc(C(=O)[C@@H]2[C@H]3CCCN3[C@]3(C(=O)Nc4c(Cl)cc(C)cc43)[C@@]23C(=O)Nc2ccccc23)cc1. The van der Waals surface area contributed by atoms with Crippen LogP contribution in [0.5, 0.6) is 5.75 Å². The van der Waals surface area contributed by atoms with Crippen LogP contribution in [0.4, 0.5) is 11.4 Å². The molecule has 7 rings (SSSR count). The normalized spacial score (nSPS) is 28.0. The van der Waals surface area contributed by atoms with Crippen LogP contribution in [0.15, 0.2) is 60.7 Å². The second-order valence-electron chi connectivity index (χ2n) is 11.3. The molecule has 0 aliphatic carbocycles. The Labute approximate surface area is 237 Å². The zero-order valence-corrected chi connectivity index (χ0v) is 23.2. The smallest absolute Gasteiger partial charge is 0.251 e. The first-order chi connectivity index (χ1) is 19.3. The third-order valence-corrected chi connectivity index (χ3v) is 9.49. The molecule has 0 saturated carbocycles. The highest BCUT2D eigenvalue weighted by molar-refractivity contribution is 6.35. The van der Waals surface area contributed by atoms with Crippen molar-refractivity contribution in [1.29, 1.82) is 0 Å². The molecule has 2 N–H and O–H groups in total. The van der Waals surface area contributed by atoms with Gasteiger partial charge in [0.1, 0.15) is 16.7 Å². The zero-order chi connectivity index (χ0) is 27.8. The van der Waals surface area contributed by atoms with Crippen molar-refractivity contribution >= 4 is 40.6 Å². The molecule has 4 aliphatic rings. The highest BCUT2D eigenvalue weighted by atomic mass is 35.5. The highest BCUT2D eigenvalue weighted by Gasteiger charge is 2.81. The van der Waals surface area contributed by atoms with Crippen molar-refractivity contribution in [3.05, 3.63) is 87.9 Å². The maximum atomic E-state index is 14.7. The number of anilines is 2. The summed E-state index contributed by atoms with van der Waals surface area (Å²) >= 11 is 6.71. The molecule has 0 bridgehead atoms. The molecule has 2 saturated heterocycles. The third kappa shape index (κ3) is 3.02. The van der Waals surface area contributed by atoms with Crippen LogP contribution in [0.1, 0.15) is 53.2 Å². The molecule has 2 spiro atoms. The van der Waals surface area contributed by atoms with Crippen molar-refractivity contribution in [2.24, 2.45) is 5.92 Å². The molecule has 7 nitrogen and oxygen atoms in total. The lowest BCUT2D eigenvalue weighted by Gasteiger charge is -2.43. The van der Waals surface area contributed by atoms with Crippen LogP contribution in [-0.2, 0) is 20.5 Å². The number of hydrogen-bond acceptors (Lipinski definition) is 5. The van der Waals surface area contributed by atoms with E-state index in [9.17, 15) is 14.4 Å². The molecule has 40 heavy (non-hydrogen) atoms. The quantitative estimate of drug-likeness (QED) is 0.409. The number of nitrogens with one attached hydrogen (secondary N) is 2. The van der Waals surface area contributed by atoms with Crippen LogP contribution in [0.25, 0.3) is 0 Å². The van der Waals surface area contributed by atoms with Crippen molar-refractivity contribution in [3.63, 3.8) is 0 Å². The van der Waals surface area contributed by atoms with Gasteiger partial charge in [-0.25, -0.2) is 0 Å². The molecule has 0 unspecified atom stereocenters. The molecule has 0 radical (unpaired) electrons. The number of para-hydroxylation sites is 1. The second kappa shape index (κ2) is 8.91. The van der Waals surface area contributed by atoms with E-state index in [2.05, 4.69) is 15.5 Å². The molecule has 8 heteroatoms. The number of amides is 2. The van der Waals surface area contributed by atoms with Gasteiger partial charge >= 0.3 is 0 Å². The maximum Gasteiger partial charge on any atom is 0.251 e. The van der Waals surface area contributed by atoms with Gasteiger partial charge in [0.2, 0.25) is 5.91 Å². The minimum atomic E-state index is -1.49. The van der Waals surface area contributed by atoms with E-state index in [1.165, 1.54) is 0 Å². The molecule has 3 aromatic carbocycles. The van der Waals surface area contributed by atoms with Crippen LogP contribution in [0.2, 0.25) is 5.02 Å². The summed E-state index contributed by atoms with van der Waals surface area (Å²) < 4.78 is 5.74. The number of hydrogen-bond donors (Lipinski definition) is 2. The summed E-state index contributed by atoms with van der Waals surface area (Å²) in [5.74, 6) is -0.895. The fraction of sp³-hybridized carbons (Fsp3) is 0.344. The number of ketones is 1. The van der Waals surface area contributed by atoms with E-state index in [1.807, 2.05) is 50.2 Å². The molecular formula is C32H30ClN3O4. The van der Waals surface area contributed by atoms with Crippen LogP contribution < -0.4 is 15.4 Å². The number of aryl methyl sites for hydroxylation is 1. The molecule has 2 amide bonds. The Kier molecular flexibility index (Phi) is 5.64. The van der Waals surface area contributed by atoms with Gasteiger partial charge in [0.25, 0.3) is 5.91 Å². The van der Waals surface area contributed by atoms with Crippen molar-refractivity contribution in [3.8, 4) is 5.75 Å². The third-order valence-electron chi connectivity index (χ3n) is 9.20. The fourth-order valence-electron chi connectivity index (χ4n) is 7.89. The van der Waals surface area contributed by atoms with Crippen LogP contribution >= 0.6 is 11.6 Å². The van der Waals surface area contributed by atoms with E-state index in [0.29, 0.717) is 58.4 Å². The highest BCUT2D eigenvalue weighted by Crippen LogP contribution is 2.68. The summed E-state index contributed by atoms with van der Waals surface area (Å²) in [5, 5.41) is 6.54. The van der Waals surface area contributed by atoms with Gasteiger partial charge in [0.05, 0.1) is 23.2 Å². The molecule has 4 heterocycles. The van der Waals surface area contributed by atoms with E-state index in [-0.39, 0.29) is 23.6 Å². The molecule has 2 fully saturated rings. The number of benzene rings is 3. The predicted molar refractivity (Wildman–Crippen MR) is 153 cm³/mol. The van der Waals surface area contributed by atoms with Crippen molar-refractivity contribution in [1.82, 2.24) is 4.90 Å². The minimum Gasteiger partial charge on any atom is -0.494 e. The van der Waals surface area contributed by atoms with Gasteiger partial charge in [-0.2, -0.15) is 0 Å². The number of fused-ring (bicyclic) bond motifs is 7. The lowest BCUT2D eigenvalue weighted by atomic mass is 9.57. The second-order valence-corrected chi connectivity index (χ2v) is 11.7. The van der Waals surface area contributed by atoms with Gasteiger partial charge in [-0.1, -0.05) is 42.8 Å². The number of ether oxygens (including phenoxy) is 1. The Balaban J connectivity index is 1.50. The molecule has 204 valence electrons. The molecule has 4 atom stereocenters. The first-order valence-electron chi connectivity index (χ1n) is 13.9. The van der Waals surface area contributed by atoms with Crippen molar-refractivity contribution in [2.75, 3.05) is 23.8 Å². The molecular weight excluding hydrogens is 526 g/mol. The van der Waals surface area contributed by atoms with Crippen LogP contribution in [-0.4, -0.2) is 41.7 Å². The Morgan fingerprint density at radius 3 is 2.60 bits per heavy atom. The average Bonchev–Trinajstić information content (AvgIpc) is 3.67. The number of Topliss-reactive ketones (excluding diaryl/α,β-unsaturated/α-hetero) is 1. The maximum absolute atomic E-state index is 14.7. The molecule has 3 aromatic rings. The summed E-state index contributed by atoms with van der Waals surface area (Å²) in [5.41, 5.74) is 0.954. The van der Waals surface area contributed by atoms with E-state index in [0.717, 1.165) is 18.4 Å². The lowest BCUT2D eigenvalue weighted by molar-refractivity contribution is -0.137. The summed E-state index contributed by atoms with van der Waals surface area (Å²) in [4.78, 5) is 45.9. The Morgan fingerprint density at radius 1 is 1.05 bits per heavy atom. The van der Waals surface area contributed by atoms with E-state index in [1.54, 1.807) is 24.3 Å². The van der Waals surface area contributed by atoms with E-state index in [4.69, 9.17) is 16.3 Å². The Morgan fingerprint density at radius 2 is 1.82 bits per heavy atom. The van der Waals surface area contributed by atoms with Crippen molar-refractivity contribution in [2.45, 2.75) is 50.1 Å². The Bertz CT molecular complexity index is 1590. The molecule has 4 aliphatic heterocycles. The first kappa shape index (κ1) is 25.3. The Hall–Kier alpha value is -3.68. The standard InChI is InChI=1S/C32H30ClN3O4/c1-3-15-40-20-12-10-19(11-13-20)28(37)26-25-9-6-14-36(25)32(22-16-18(2)17-23(33)27(22)35-30(32)39)31(26)21-7-4-5-8-24(21)34-29(31)38/h4-5,7-8,10-13,16-17,25-26H,3,6,9,14-15H2,1-2H3,(H,34,38)(H,35,39)/t25-,26+,31-,32-/m1/s1. The summed E-state index contributed by atoms with van der Waals surface area (Å²) in [7, 11) is 0. The fourth-order valence-corrected chi connectivity index (χ4v) is 8.21. The number of carbonyl (C=O) groups is 3. The average molecular weight is 556 g/mol. The summed E-state index contributed by atoms with van der Waals surface area (Å²) in [6.45, 7) is 5.15. The van der Waals surface area contributed by atoms with Gasteiger partial charge in [0.15, 0.2) is 5.78 Å². The monoisotopic (exact) mass is 555 g/mol. The van der Waals surface area contributed by atoms with Gasteiger partial charge in [-0.15, -0.1) is 0 Å². The van der Waals surface area contributed by atoms with E-state index < -0.39 is 16.9 Å². The van der Waals surface area contributed by atoms with Crippen molar-refractivity contribution < 1.29 is 19.1 Å². The largest absolute Gasteiger partial charge is 0.494 e. The van der Waals surface area contributed by atoms with Gasteiger partial charge in [-0.3, -0.25) is 19.3 Å². The van der Waals surface area contributed by atoms with Crippen LogP contribution in [0, 0.1) is 12.8 Å². The van der Waals surface area contributed by atoms with Crippen LogP contribution in [0.3, 0.4) is 0 Å². The summed E-state index contributed by atoms with van der Waals surface area (Å²) in [6.07, 6.45) is 2.41. The number of carbonyl (C=O) groups excluding carboxylic acids is 3. The number of nitrogens with zero attached hydrogens (tertiary/aromatic N) is 1. The van der Waals surface area contributed by atoms with Gasteiger partial charge in [-0.05, 0) is 80.3 Å². The minimum absolute atomic E-state index is 0.150. The predicted octanol–water partition coefficient (Wildman–Crippen LogP) is 5.45. The zero-order valence-electron chi connectivity index (χ0n) is 22.4. The van der Waals surface area contributed by atoms with Gasteiger partial charge in [0, 0.05) is 22.9 Å².